The predicted octanol–water partition coefficient (Wildman–Crippen LogP) is -7.30. The van der Waals surface area contributed by atoms with E-state index in [1.165, 1.54) is 69.6 Å². The third kappa shape index (κ3) is 19.4. The standard InChI is InChI=1S/C13H15N6O6P.C13H16N3O7P.C12H13FN3O7P.C12H15N4O6P.C12H14N3O7P.5Y/c1-26(22)24-4-12-3-23-8(7(12)20)13(2-14,25-12)19-5-16-6-9(19)17-11(15)18-10(6)21;1-7-3-16(11(19)15-10(7)18)13(4-14)9-8(17)12(23-13,5-21-9)6-22-24(2)20;1-24(20)22-5-11-4-21-8(7(11)17)12(3-14,23-11)16-2-6(13)9(18)15-10(16)19;1-23(19)21-6-11-5-20-9(8(11)17)12(4-13,22-11)16-3-2-7(14)15-10(16)18;1-23(19)21-6-11-5-20-9(8(11)17)12(4-13,22-11)15-3-2-7(16)14-10(15)18;;;;;/h5,7-8,20,26H,3-4H2,1H3,(H3,15,17,18,21);3,8-9,17,24H,5-6H2,1-2H3,(H,15,18,19);2,7-8,17,24H,4-5H2,1H3,(H,15,18,19);2-3,8-9,17,23H,5-6H2,1H3,(H2,14,15,18);2-3,8-9,17,23H,5-6H2,1H3,(H,14,16,18);;;;;/t7-,8+,12+,13+;8-,9+,12+,13+;7-,8+,11+,12+;2*8-,9+,11+,12+;;;;;/m00000...../s1. The van der Waals surface area contributed by atoms with Crippen molar-refractivity contribution in [2.45, 2.75) is 125 Å². The zero-order valence-electron chi connectivity index (χ0n) is 65.8. The Labute approximate surface area is 828 Å². The smallest absolute Gasteiger partial charge is 0.352 e. The summed E-state index contributed by atoms with van der Waals surface area (Å²) in [5, 5.41) is 101. The number of aromatic amines is 4. The number of aromatic nitrogens is 12. The molecule has 6 aromatic heterocycles. The molecule has 10 aliphatic heterocycles. The topological polar surface area (TPSA) is 759 Å². The second-order valence-electron chi connectivity index (χ2n) is 28.4. The van der Waals surface area contributed by atoms with Crippen LogP contribution in [0.4, 0.5) is 16.2 Å². The Balaban J connectivity index is 0.000000213. The van der Waals surface area contributed by atoms with Crippen molar-refractivity contribution in [1.29, 1.82) is 26.3 Å². The molecule has 52 nitrogen and oxygen atoms in total. The Morgan fingerprint density at radius 3 is 1.10 bits per heavy atom. The summed E-state index contributed by atoms with van der Waals surface area (Å²) in [5.74, 6) is -1.48. The van der Waals surface area contributed by atoms with Crippen LogP contribution >= 0.6 is 40.1 Å². The number of nitrogens with two attached hydrogens (primary N) is 2. The number of anilines is 2. The summed E-state index contributed by atoms with van der Waals surface area (Å²) in [6.45, 7) is 6.65. The van der Waals surface area contributed by atoms with Gasteiger partial charge in [0.05, 0.1) is 72.3 Å². The number of halogens is 1. The Morgan fingerprint density at radius 1 is 0.456 bits per heavy atom. The first-order chi connectivity index (χ1) is 56.5. The van der Waals surface area contributed by atoms with Gasteiger partial charge in [-0.2, -0.15) is 40.7 Å². The number of nitriles is 5. The molecule has 16 heterocycles. The van der Waals surface area contributed by atoms with Crippen molar-refractivity contribution in [1.82, 2.24) is 57.7 Å². The van der Waals surface area contributed by atoms with Gasteiger partial charge in [-0.25, -0.2) is 24.2 Å². The van der Waals surface area contributed by atoms with E-state index in [0.29, 0.717) is 10.8 Å². The minimum atomic E-state index is -2.36. The molecule has 10 aliphatic rings. The number of aliphatic hydroxyl groups excluding tert-OH is 5. The van der Waals surface area contributed by atoms with Gasteiger partial charge in [-0.1, -0.05) is 0 Å². The van der Waals surface area contributed by atoms with Crippen molar-refractivity contribution in [2.24, 2.45) is 0 Å². The van der Waals surface area contributed by atoms with Crippen molar-refractivity contribution in [2.75, 3.05) is 111 Å². The Hall–Kier alpha value is -3.88. The molecule has 5 unspecified atom stereocenters. The maximum Gasteiger partial charge on any atom is 0.352 e. The van der Waals surface area contributed by atoms with Crippen LogP contribution in [0.25, 0.3) is 11.2 Å². The first-order valence-electron chi connectivity index (χ1n) is 35.0. The maximum absolute atomic E-state index is 13.6. The van der Waals surface area contributed by atoms with Crippen LogP contribution in [0.3, 0.4) is 0 Å². The molecule has 6 aromatic rings. The maximum atomic E-state index is 13.6. The zero-order chi connectivity index (χ0) is 87.7. The number of imidazole rings is 1. The van der Waals surface area contributed by atoms with Gasteiger partial charge < -0.3 is 107 Å². The average Bonchev–Trinajstić information content (AvgIpc) is 1.58. The molecule has 10 fully saturated rings. The van der Waals surface area contributed by atoms with Gasteiger partial charge in [-0.3, -0.25) is 84.8 Å². The van der Waals surface area contributed by atoms with Crippen molar-refractivity contribution < 1.29 is 286 Å². The van der Waals surface area contributed by atoms with E-state index >= 15 is 0 Å². The number of nitrogens with zero attached hydrogens (tertiary/aromatic N) is 13. The summed E-state index contributed by atoms with van der Waals surface area (Å²) < 4.78 is 156. The molecule has 10 bridgehead atoms. The number of nitrogen functional groups attached to an aromatic ring is 2. The van der Waals surface area contributed by atoms with E-state index in [1.54, 1.807) is 11.1 Å². The second-order valence-corrected chi connectivity index (χ2v) is 34.8. The number of rotatable bonds is 20. The van der Waals surface area contributed by atoms with Gasteiger partial charge >= 0.3 is 22.8 Å². The zero-order valence-corrected chi connectivity index (χ0v) is 85.0. The van der Waals surface area contributed by atoms with E-state index in [9.17, 15) is 117 Å². The molecule has 10 saturated heterocycles. The molecule has 0 amide bonds. The summed E-state index contributed by atoms with van der Waals surface area (Å²) >= 11 is 0. The van der Waals surface area contributed by atoms with Crippen LogP contribution < -0.4 is 56.5 Å². The summed E-state index contributed by atoms with van der Waals surface area (Å²) in [7, 11) is -11.5. The molecule has 13 N–H and O–H groups in total. The molecule has 16 rings (SSSR count). The summed E-state index contributed by atoms with van der Waals surface area (Å²) in [4.78, 5) is 114. The molecule has 0 aromatic carbocycles. The summed E-state index contributed by atoms with van der Waals surface area (Å²) in [6, 6.07) is 11.6. The van der Waals surface area contributed by atoms with Gasteiger partial charge in [0.2, 0.25) is 11.8 Å². The molecule has 0 spiro atoms. The van der Waals surface area contributed by atoms with Crippen LogP contribution in [-0.2, 0) is 285 Å². The largest absolute Gasteiger partial charge is 0.387 e. The quantitative estimate of drug-likeness (QED) is 0.0316. The van der Waals surface area contributed by atoms with E-state index in [4.69, 9.17) is 81.5 Å². The minimum absolute atomic E-state index is 0. The number of fused-ring (bicyclic) bond motifs is 11. The summed E-state index contributed by atoms with van der Waals surface area (Å²) in [6.07, 6.45) is -6.97. The van der Waals surface area contributed by atoms with Gasteiger partial charge in [-0.15, -0.1) is 0 Å². The Morgan fingerprint density at radius 2 is 0.768 bits per heavy atom. The van der Waals surface area contributed by atoms with E-state index < -0.39 is 209 Å². The molecule has 5 radical (unpaired) electrons. The van der Waals surface area contributed by atoms with Crippen molar-refractivity contribution in [3.63, 3.8) is 0 Å². The van der Waals surface area contributed by atoms with Crippen LogP contribution in [-0.4, -0.2) is 272 Å². The van der Waals surface area contributed by atoms with Crippen molar-refractivity contribution in [3.05, 3.63) is 138 Å². The fourth-order valence-electron chi connectivity index (χ4n) is 14.9. The van der Waals surface area contributed by atoms with Gasteiger partial charge in [0.15, 0.2) is 51.3 Å². The minimum Gasteiger partial charge on any atom is -0.387 e. The first kappa shape index (κ1) is 108. The van der Waals surface area contributed by atoms with Crippen LogP contribution in [0.15, 0.2) is 81.6 Å². The number of H-pyrrole nitrogens is 4. The number of aliphatic hydroxyl groups is 5. The van der Waals surface area contributed by atoms with E-state index in [1.807, 2.05) is 29.3 Å². The van der Waals surface area contributed by atoms with Crippen LogP contribution in [0.2, 0.25) is 0 Å². The SMILES string of the molecule is C[PH](=O)OC[C@]12CO[C@H]([C@@H]1O)[C@](C#N)(n1cc(F)c(=O)[nH]c1=O)O2.C[PH](=O)OC[C@]12CO[C@H]([C@@H]1O)[C@](C#N)(n1ccc(=O)[nH]c1=O)O2.C[PH](=O)OC[C@]12CO[C@H]([C@@H]1O)[C@](C#N)(n1ccc(N)nc1=O)O2.C[PH](=O)OC[C@]12CO[C@H]([C@@H]1O)[C@](C#N)(n1cnc3c(=O)[nH]c(N)nc31)O2.Cc1cn([C@]2(C#N)O[C@@]3(CO[PH](C)=O)CO[C@@H]2[C@@H]3O)c(=O)[nH]c1=O.[Y].[Y].[Y].[Y].[Y]. The van der Waals surface area contributed by atoms with Crippen LogP contribution in [0.1, 0.15) is 5.56 Å². The van der Waals surface area contributed by atoms with Gasteiger partial charge in [0, 0.05) is 227 Å². The monoisotopic (exact) mass is 2230 g/mol. The van der Waals surface area contributed by atoms with E-state index in [0.717, 1.165) is 26.0 Å². The van der Waals surface area contributed by atoms with Gasteiger partial charge in [0.25, 0.3) is 50.9 Å². The van der Waals surface area contributed by atoms with Gasteiger partial charge in [-0.05, 0) is 13.0 Å². The fraction of sp³-hybridized carbons (Fsp3) is 0.581. The number of aryl methyl sites for hydroxylation is 1. The summed E-state index contributed by atoms with van der Waals surface area (Å²) in [5.41, 5.74) is -12.5. The third-order valence-electron chi connectivity index (χ3n) is 20.7. The predicted molar refractivity (Wildman–Crippen MR) is 394 cm³/mol. The number of ether oxygens (including phenoxy) is 10. The molecule has 25 atom stereocenters. The molecular weight excluding hydrogens is 2160 g/mol. The van der Waals surface area contributed by atoms with E-state index in [2.05, 4.69) is 24.9 Å². The van der Waals surface area contributed by atoms with Gasteiger partial charge in [0.1, 0.15) is 132 Å². The van der Waals surface area contributed by atoms with Crippen LogP contribution in [0, 0.1) is 69.4 Å². The average molecular weight is 2230 g/mol. The molecule has 0 aliphatic carbocycles. The Bertz CT molecular complexity index is 5850. The number of hydrogen-bond donors (Lipinski definition) is 11. The molecule has 0 saturated carbocycles. The second kappa shape index (κ2) is 41.7. The van der Waals surface area contributed by atoms with Crippen LogP contribution in [0.5, 0.6) is 0 Å². The van der Waals surface area contributed by atoms with E-state index in [-0.39, 0.29) is 258 Å². The fourth-order valence-corrected chi connectivity index (χ4v) is 17.1. The molecule has 125 heavy (non-hydrogen) atoms. The third-order valence-corrected chi connectivity index (χ3v) is 23.4. The number of hydrogen-bond acceptors (Lipinski definition) is 43. The van der Waals surface area contributed by atoms with Crippen molar-refractivity contribution >= 4 is 63.1 Å². The number of nitrogens with one attached hydrogen (secondary N) is 4. The molecular formula is C62H73FN19O33P5Y5. The molecule has 63 heteroatoms. The Kier molecular flexibility index (Phi) is 36.1. The first-order valence-corrected chi connectivity index (χ1v) is 44.1. The normalized spacial score (nSPS) is 34.4. The van der Waals surface area contributed by atoms with Crippen molar-refractivity contribution in [3.8, 4) is 30.3 Å². The molecule has 661 valence electrons.